The molecular formula is C14H19N3O. The van der Waals surface area contributed by atoms with Gasteiger partial charge in [0.05, 0.1) is 25.0 Å². The Morgan fingerprint density at radius 1 is 1.33 bits per heavy atom. The van der Waals surface area contributed by atoms with Gasteiger partial charge in [0.2, 0.25) is 0 Å². The summed E-state index contributed by atoms with van der Waals surface area (Å²) in [6, 6.07) is 10.6. The first-order chi connectivity index (χ1) is 8.78. The predicted molar refractivity (Wildman–Crippen MR) is 72.7 cm³/mol. The molecule has 0 spiro atoms. The maximum atomic E-state index is 5.09. The summed E-state index contributed by atoms with van der Waals surface area (Å²) in [6.45, 7) is 3.56. The van der Waals surface area contributed by atoms with E-state index in [2.05, 4.69) is 29.5 Å². The Morgan fingerprint density at radius 3 is 2.83 bits per heavy atom. The molecule has 1 aromatic carbocycles. The lowest BCUT2D eigenvalue weighted by Crippen LogP contribution is -2.20. The van der Waals surface area contributed by atoms with Gasteiger partial charge < -0.3 is 10.1 Å². The first kappa shape index (κ1) is 12.6. The van der Waals surface area contributed by atoms with Crippen LogP contribution in [0.15, 0.2) is 42.7 Å². The molecule has 96 valence electrons. The first-order valence-electron chi connectivity index (χ1n) is 6.10. The fourth-order valence-corrected chi connectivity index (χ4v) is 1.87. The van der Waals surface area contributed by atoms with E-state index in [1.165, 1.54) is 5.56 Å². The zero-order chi connectivity index (χ0) is 12.8. The van der Waals surface area contributed by atoms with Crippen molar-refractivity contribution in [3.05, 3.63) is 48.3 Å². The quantitative estimate of drug-likeness (QED) is 0.849. The van der Waals surface area contributed by atoms with Gasteiger partial charge in [0.25, 0.3) is 0 Å². The van der Waals surface area contributed by atoms with Crippen molar-refractivity contribution >= 4 is 5.69 Å². The molecule has 0 radical (unpaired) electrons. The largest absolute Gasteiger partial charge is 0.383 e. The van der Waals surface area contributed by atoms with E-state index in [0.29, 0.717) is 6.61 Å². The summed E-state index contributed by atoms with van der Waals surface area (Å²) < 4.78 is 7.02. The highest BCUT2D eigenvalue weighted by molar-refractivity contribution is 5.39. The molecule has 1 unspecified atom stereocenters. The fourth-order valence-electron chi connectivity index (χ4n) is 1.87. The molecule has 0 fully saturated rings. The molecule has 4 heteroatoms. The molecule has 0 aliphatic heterocycles. The maximum Gasteiger partial charge on any atom is 0.0729 e. The number of methoxy groups -OCH3 is 1. The lowest BCUT2D eigenvalue weighted by Gasteiger charge is -2.11. The summed E-state index contributed by atoms with van der Waals surface area (Å²) in [5, 5.41) is 7.68. The van der Waals surface area contributed by atoms with Crippen LogP contribution in [0.1, 0.15) is 12.5 Å². The Balaban J connectivity index is 1.94. The number of nitrogens with zero attached hydrogens (tertiary/aromatic N) is 2. The minimum atomic E-state index is 0.282. The highest BCUT2D eigenvalue weighted by Gasteiger charge is 2.03. The predicted octanol–water partition coefficient (Wildman–Crippen LogP) is 2.38. The summed E-state index contributed by atoms with van der Waals surface area (Å²) in [5.41, 5.74) is 2.27. The third kappa shape index (κ3) is 3.60. The second kappa shape index (κ2) is 6.21. The van der Waals surface area contributed by atoms with Crippen molar-refractivity contribution in [2.24, 2.45) is 0 Å². The molecule has 0 aliphatic rings. The van der Waals surface area contributed by atoms with E-state index in [0.717, 1.165) is 12.2 Å². The molecule has 4 nitrogen and oxygen atoms in total. The summed E-state index contributed by atoms with van der Waals surface area (Å²) in [5.74, 6) is 0. The van der Waals surface area contributed by atoms with Crippen LogP contribution < -0.4 is 5.32 Å². The molecule has 1 N–H and O–H groups in total. The van der Waals surface area contributed by atoms with Gasteiger partial charge in [-0.15, -0.1) is 0 Å². The van der Waals surface area contributed by atoms with Gasteiger partial charge in [0.1, 0.15) is 0 Å². The SMILES string of the molecule is COCC(C)Nc1cnn(Cc2ccccc2)c1. The number of nitrogens with one attached hydrogen (secondary N) is 1. The molecule has 2 rings (SSSR count). The summed E-state index contributed by atoms with van der Waals surface area (Å²) in [7, 11) is 1.71. The van der Waals surface area contributed by atoms with Crippen LogP contribution in [0, 0.1) is 0 Å². The number of benzene rings is 1. The third-order valence-electron chi connectivity index (χ3n) is 2.65. The van der Waals surface area contributed by atoms with Crippen molar-refractivity contribution in [2.45, 2.75) is 19.5 Å². The standard InChI is InChI=1S/C14H19N3O/c1-12(11-18-2)16-14-8-15-17(10-14)9-13-6-4-3-5-7-13/h3-8,10,12,16H,9,11H2,1-2H3. The molecule has 0 aliphatic carbocycles. The van der Waals surface area contributed by atoms with E-state index < -0.39 is 0 Å². The zero-order valence-electron chi connectivity index (χ0n) is 10.8. The van der Waals surface area contributed by atoms with E-state index in [9.17, 15) is 0 Å². The first-order valence-corrected chi connectivity index (χ1v) is 6.10. The van der Waals surface area contributed by atoms with Crippen LogP contribution in [0.3, 0.4) is 0 Å². The van der Waals surface area contributed by atoms with Gasteiger partial charge in [-0.05, 0) is 12.5 Å². The Bertz CT molecular complexity index is 467. The van der Waals surface area contributed by atoms with Crippen LogP contribution in [0.4, 0.5) is 5.69 Å². The number of rotatable bonds is 6. The summed E-state index contributed by atoms with van der Waals surface area (Å²) in [6.07, 6.45) is 3.86. The van der Waals surface area contributed by atoms with E-state index in [1.807, 2.05) is 35.3 Å². The number of hydrogen-bond donors (Lipinski definition) is 1. The minimum Gasteiger partial charge on any atom is -0.383 e. The molecule has 18 heavy (non-hydrogen) atoms. The highest BCUT2D eigenvalue weighted by atomic mass is 16.5. The average Bonchev–Trinajstić information content (AvgIpc) is 2.78. The fraction of sp³-hybridized carbons (Fsp3) is 0.357. The van der Waals surface area contributed by atoms with Crippen molar-refractivity contribution in [1.29, 1.82) is 0 Å². The molecular weight excluding hydrogens is 226 g/mol. The second-order valence-corrected chi connectivity index (χ2v) is 4.41. The van der Waals surface area contributed by atoms with Crippen molar-refractivity contribution in [3.63, 3.8) is 0 Å². The molecule has 0 amide bonds. The van der Waals surface area contributed by atoms with Crippen molar-refractivity contribution < 1.29 is 4.74 Å². The third-order valence-corrected chi connectivity index (χ3v) is 2.65. The van der Waals surface area contributed by atoms with Gasteiger partial charge in [-0.25, -0.2) is 0 Å². The second-order valence-electron chi connectivity index (χ2n) is 4.41. The monoisotopic (exact) mass is 245 g/mol. The zero-order valence-corrected chi connectivity index (χ0v) is 10.8. The van der Waals surface area contributed by atoms with Gasteiger partial charge in [-0.1, -0.05) is 30.3 Å². The van der Waals surface area contributed by atoms with E-state index >= 15 is 0 Å². The van der Waals surface area contributed by atoms with Crippen LogP contribution in [0.25, 0.3) is 0 Å². The average molecular weight is 245 g/mol. The summed E-state index contributed by atoms with van der Waals surface area (Å²) >= 11 is 0. The van der Waals surface area contributed by atoms with Gasteiger partial charge in [-0.2, -0.15) is 5.10 Å². The highest BCUT2D eigenvalue weighted by Crippen LogP contribution is 2.09. The topological polar surface area (TPSA) is 39.1 Å². The van der Waals surface area contributed by atoms with Gasteiger partial charge in [-0.3, -0.25) is 4.68 Å². The molecule has 1 heterocycles. The number of anilines is 1. The van der Waals surface area contributed by atoms with Crippen LogP contribution in [-0.2, 0) is 11.3 Å². The van der Waals surface area contributed by atoms with Crippen LogP contribution in [0.5, 0.6) is 0 Å². The Labute approximate surface area is 108 Å². The number of hydrogen-bond acceptors (Lipinski definition) is 3. The lowest BCUT2D eigenvalue weighted by atomic mass is 10.2. The molecule has 1 atom stereocenters. The van der Waals surface area contributed by atoms with E-state index in [1.54, 1.807) is 7.11 Å². The smallest absolute Gasteiger partial charge is 0.0729 e. The molecule has 0 saturated heterocycles. The maximum absolute atomic E-state index is 5.09. The molecule has 2 aromatic rings. The summed E-state index contributed by atoms with van der Waals surface area (Å²) in [4.78, 5) is 0. The van der Waals surface area contributed by atoms with Crippen molar-refractivity contribution in [3.8, 4) is 0 Å². The van der Waals surface area contributed by atoms with Crippen molar-refractivity contribution in [2.75, 3.05) is 19.0 Å². The minimum absolute atomic E-state index is 0.282. The Hall–Kier alpha value is -1.81. The van der Waals surface area contributed by atoms with Crippen molar-refractivity contribution in [1.82, 2.24) is 9.78 Å². The molecule has 1 aromatic heterocycles. The molecule has 0 saturated carbocycles. The van der Waals surface area contributed by atoms with Crippen LogP contribution in [-0.4, -0.2) is 29.5 Å². The van der Waals surface area contributed by atoms with E-state index in [-0.39, 0.29) is 6.04 Å². The lowest BCUT2D eigenvalue weighted by molar-refractivity contribution is 0.190. The van der Waals surface area contributed by atoms with Crippen LogP contribution >= 0.6 is 0 Å². The normalized spacial score (nSPS) is 12.3. The molecule has 0 bridgehead atoms. The number of ether oxygens (including phenoxy) is 1. The van der Waals surface area contributed by atoms with E-state index in [4.69, 9.17) is 4.74 Å². The van der Waals surface area contributed by atoms with Gasteiger partial charge >= 0.3 is 0 Å². The van der Waals surface area contributed by atoms with Gasteiger partial charge in [0.15, 0.2) is 0 Å². The van der Waals surface area contributed by atoms with Crippen LogP contribution in [0.2, 0.25) is 0 Å². The Morgan fingerprint density at radius 2 is 2.11 bits per heavy atom. The number of aromatic nitrogens is 2. The Kier molecular flexibility index (Phi) is 4.36. The van der Waals surface area contributed by atoms with Gasteiger partial charge in [0, 0.05) is 19.3 Å².